The number of hydrogen-bond donors (Lipinski definition) is 2. The van der Waals surface area contributed by atoms with Gasteiger partial charge in [0, 0.05) is 10.7 Å². The molecule has 0 radical (unpaired) electrons. The molecule has 2 rings (SSSR count). The summed E-state index contributed by atoms with van der Waals surface area (Å²) < 4.78 is 0. The zero-order valence-corrected chi connectivity index (χ0v) is 13.5. The number of hydrogen-bond acceptors (Lipinski definition) is 2. The second kappa shape index (κ2) is 8.40. The van der Waals surface area contributed by atoms with Crippen molar-refractivity contribution in [3.8, 4) is 0 Å². The zero-order chi connectivity index (χ0) is 15.1. The molecular weight excluding hydrogens is 284 g/mol. The van der Waals surface area contributed by atoms with Gasteiger partial charge in [0.1, 0.15) is 0 Å². The monoisotopic (exact) mass is 308 g/mol. The normalized spacial score (nSPS) is 15.9. The first kappa shape index (κ1) is 16.3. The maximum absolute atomic E-state index is 11.9. The Labute approximate surface area is 132 Å². The molecular formula is C17H25ClN2O. The third-order valence-corrected chi connectivity index (χ3v) is 4.45. The van der Waals surface area contributed by atoms with E-state index in [4.69, 9.17) is 11.6 Å². The standard InChI is InChI=1S/C17H25ClN2O/c1-13-7-8-15(18)11-16(13)20-17(21)12-19-10-9-14-5-3-2-4-6-14/h7-8,11,14,19H,2-6,9-10,12H2,1H3,(H,20,21). The maximum atomic E-state index is 11.9. The van der Waals surface area contributed by atoms with Crippen molar-refractivity contribution in [3.05, 3.63) is 28.8 Å². The first-order chi connectivity index (χ1) is 10.1. The summed E-state index contributed by atoms with van der Waals surface area (Å²) in [5.41, 5.74) is 1.82. The van der Waals surface area contributed by atoms with Gasteiger partial charge in [0.2, 0.25) is 5.91 Å². The average Bonchev–Trinajstić information content (AvgIpc) is 2.48. The van der Waals surface area contributed by atoms with E-state index in [9.17, 15) is 4.79 Å². The molecule has 0 saturated heterocycles. The second-order valence-electron chi connectivity index (χ2n) is 5.98. The van der Waals surface area contributed by atoms with Gasteiger partial charge in [-0.3, -0.25) is 4.79 Å². The van der Waals surface area contributed by atoms with Crippen molar-refractivity contribution in [3.63, 3.8) is 0 Å². The van der Waals surface area contributed by atoms with E-state index in [1.54, 1.807) is 6.07 Å². The van der Waals surface area contributed by atoms with E-state index in [2.05, 4.69) is 10.6 Å². The van der Waals surface area contributed by atoms with Crippen LogP contribution in [0.1, 0.15) is 44.1 Å². The van der Waals surface area contributed by atoms with E-state index >= 15 is 0 Å². The van der Waals surface area contributed by atoms with Crippen LogP contribution in [0.2, 0.25) is 5.02 Å². The average molecular weight is 309 g/mol. The zero-order valence-electron chi connectivity index (χ0n) is 12.8. The molecule has 1 aromatic rings. The van der Waals surface area contributed by atoms with Crippen LogP contribution >= 0.6 is 11.6 Å². The van der Waals surface area contributed by atoms with Gasteiger partial charge in [-0.2, -0.15) is 0 Å². The van der Waals surface area contributed by atoms with E-state index in [1.165, 1.54) is 38.5 Å². The molecule has 2 N–H and O–H groups in total. The molecule has 21 heavy (non-hydrogen) atoms. The Morgan fingerprint density at radius 3 is 2.81 bits per heavy atom. The highest BCUT2D eigenvalue weighted by molar-refractivity contribution is 6.31. The van der Waals surface area contributed by atoms with Crippen LogP contribution in [0.25, 0.3) is 0 Å². The molecule has 1 saturated carbocycles. The van der Waals surface area contributed by atoms with Crippen LogP contribution in [0, 0.1) is 12.8 Å². The van der Waals surface area contributed by atoms with Crippen LogP contribution in [0.15, 0.2) is 18.2 Å². The first-order valence-corrected chi connectivity index (χ1v) is 8.29. The largest absolute Gasteiger partial charge is 0.325 e. The Hall–Kier alpha value is -1.06. The lowest BCUT2D eigenvalue weighted by atomic mass is 9.87. The third kappa shape index (κ3) is 5.68. The van der Waals surface area contributed by atoms with Gasteiger partial charge in [0.05, 0.1) is 6.54 Å². The van der Waals surface area contributed by atoms with E-state index in [0.29, 0.717) is 11.6 Å². The van der Waals surface area contributed by atoms with Crippen molar-refractivity contribution >= 4 is 23.2 Å². The van der Waals surface area contributed by atoms with Gasteiger partial charge in [0.25, 0.3) is 0 Å². The van der Waals surface area contributed by atoms with Crippen molar-refractivity contribution in [2.45, 2.75) is 45.4 Å². The Morgan fingerprint density at radius 1 is 1.29 bits per heavy atom. The smallest absolute Gasteiger partial charge is 0.238 e. The minimum Gasteiger partial charge on any atom is -0.325 e. The lowest BCUT2D eigenvalue weighted by molar-refractivity contribution is -0.115. The molecule has 1 aliphatic carbocycles. The van der Waals surface area contributed by atoms with Gasteiger partial charge in [0.15, 0.2) is 0 Å². The van der Waals surface area contributed by atoms with Crippen LogP contribution in [0.5, 0.6) is 0 Å². The lowest BCUT2D eigenvalue weighted by Crippen LogP contribution is -2.30. The SMILES string of the molecule is Cc1ccc(Cl)cc1NC(=O)CNCCC1CCCCC1. The highest BCUT2D eigenvalue weighted by atomic mass is 35.5. The number of amides is 1. The number of benzene rings is 1. The van der Waals surface area contributed by atoms with Crippen LogP contribution in [-0.4, -0.2) is 19.0 Å². The van der Waals surface area contributed by atoms with E-state index < -0.39 is 0 Å². The van der Waals surface area contributed by atoms with Crippen molar-refractivity contribution in [2.75, 3.05) is 18.4 Å². The highest BCUT2D eigenvalue weighted by Crippen LogP contribution is 2.25. The van der Waals surface area contributed by atoms with Crippen LogP contribution < -0.4 is 10.6 Å². The number of nitrogens with one attached hydrogen (secondary N) is 2. The van der Waals surface area contributed by atoms with Gasteiger partial charge >= 0.3 is 0 Å². The molecule has 0 spiro atoms. The number of halogens is 1. The molecule has 0 unspecified atom stereocenters. The third-order valence-electron chi connectivity index (χ3n) is 4.21. The predicted molar refractivity (Wildman–Crippen MR) is 88.9 cm³/mol. The van der Waals surface area contributed by atoms with Gasteiger partial charge in [-0.15, -0.1) is 0 Å². The minimum absolute atomic E-state index is 0.0102. The summed E-state index contributed by atoms with van der Waals surface area (Å²) >= 11 is 5.95. The first-order valence-electron chi connectivity index (χ1n) is 7.92. The predicted octanol–water partition coefficient (Wildman–Crippen LogP) is 4.15. The van der Waals surface area contributed by atoms with Gasteiger partial charge < -0.3 is 10.6 Å². The molecule has 1 amide bonds. The molecule has 1 aromatic carbocycles. The highest BCUT2D eigenvalue weighted by Gasteiger charge is 2.12. The van der Waals surface area contributed by atoms with Crippen molar-refractivity contribution in [1.82, 2.24) is 5.32 Å². The van der Waals surface area contributed by atoms with Gasteiger partial charge in [-0.05, 0) is 43.5 Å². The number of carbonyl (C=O) groups excluding carboxylic acids is 1. The molecule has 0 atom stereocenters. The fourth-order valence-corrected chi connectivity index (χ4v) is 3.08. The molecule has 116 valence electrons. The van der Waals surface area contributed by atoms with Crippen molar-refractivity contribution in [2.24, 2.45) is 5.92 Å². The maximum Gasteiger partial charge on any atom is 0.238 e. The Kier molecular flexibility index (Phi) is 6.52. The summed E-state index contributed by atoms with van der Waals surface area (Å²) in [6, 6.07) is 5.53. The number of rotatable bonds is 6. The fourth-order valence-electron chi connectivity index (χ4n) is 2.91. The molecule has 0 bridgehead atoms. The van der Waals surface area contributed by atoms with Crippen molar-refractivity contribution < 1.29 is 4.79 Å². The Balaban J connectivity index is 1.66. The summed E-state index contributed by atoms with van der Waals surface area (Å²) in [7, 11) is 0. The quantitative estimate of drug-likeness (QED) is 0.775. The lowest BCUT2D eigenvalue weighted by Gasteiger charge is -2.21. The topological polar surface area (TPSA) is 41.1 Å². The summed E-state index contributed by atoms with van der Waals surface area (Å²) in [6.45, 7) is 3.24. The van der Waals surface area contributed by atoms with E-state index in [-0.39, 0.29) is 5.91 Å². The Morgan fingerprint density at radius 2 is 2.05 bits per heavy atom. The molecule has 3 nitrogen and oxygen atoms in total. The summed E-state index contributed by atoms with van der Waals surface area (Å²) in [4.78, 5) is 11.9. The molecule has 1 aliphatic rings. The Bertz CT molecular complexity index is 470. The molecule has 0 heterocycles. The molecule has 4 heteroatoms. The summed E-state index contributed by atoms with van der Waals surface area (Å²) in [6.07, 6.45) is 8.04. The van der Waals surface area contributed by atoms with E-state index in [1.807, 2.05) is 19.1 Å². The fraction of sp³-hybridized carbons (Fsp3) is 0.588. The molecule has 0 aliphatic heterocycles. The second-order valence-corrected chi connectivity index (χ2v) is 6.41. The van der Waals surface area contributed by atoms with Gasteiger partial charge in [-0.1, -0.05) is 49.8 Å². The number of anilines is 1. The van der Waals surface area contributed by atoms with Crippen LogP contribution in [0.3, 0.4) is 0 Å². The van der Waals surface area contributed by atoms with E-state index in [0.717, 1.165) is 23.7 Å². The minimum atomic E-state index is -0.0102. The number of carbonyl (C=O) groups is 1. The summed E-state index contributed by atoms with van der Waals surface area (Å²) in [5, 5.41) is 6.79. The number of aryl methyl sites for hydroxylation is 1. The van der Waals surface area contributed by atoms with Crippen LogP contribution in [0.4, 0.5) is 5.69 Å². The van der Waals surface area contributed by atoms with Crippen molar-refractivity contribution in [1.29, 1.82) is 0 Å². The molecule has 0 aromatic heterocycles. The molecule has 1 fully saturated rings. The van der Waals surface area contributed by atoms with Crippen LogP contribution in [-0.2, 0) is 4.79 Å². The summed E-state index contributed by atoms with van der Waals surface area (Å²) in [5.74, 6) is 0.841. The van der Waals surface area contributed by atoms with Gasteiger partial charge in [-0.25, -0.2) is 0 Å².